The second-order valence-electron chi connectivity index (χ2n) is 7.73. The molecule has 0 aliphatic carbocycles. The van der Waals surface area contributed by atoms with Crippen molar-refractivity contribution in [1.29, 1.82) is 0 Å². The Morgan fingerprint density at radius 3 is 2.66 bits per heavy atom. The molecule has 1 aliphatic heterocycles. The Morgan fingerprint density at radius 1 is 1.31 bits per heavy atom. The largest absolute Gasteiger partial charge is 0.502 e. The quantitative estimate of drug-likeness (QED) is 0.520. The van der Waals surface area contributed by atoms with E-state index in [2.05, 4.69) is 5.32 Å². The predicted molar refractivity (Wildman–Crippen MR) is 118 cm³/mol. The number of pyridine rings is 1. The Bertz CT molecular complexity index is 1170. The van der Waals surface area contributed by atoms with Crippen LogP contribution in [0.1, 0.15) is 39.3 Å². The number of methoxy groups -OCH3 is 1. The number of aromatic hydroxyl groups is 1. The Labute approximate surface area is 202 Å². The third-order valence-electron chi connectivity index (χ3n) is 5.57. The van der Waals surface area contributed by atoms with E-state index in [9.17, 15) is 32.8 Å². The van der Waals surface area contributed by atoms with Crippen molar-refractivity contribution in [1.82, 2.24) is 15.0 Å². The van der Waals surface area contributed by atoms with Gasteiger partial charge in [0.2, 0.25) is 5.43 Å². The number of carbonyl (C=O) groups excluding carboxylic acids is 2. The molecule has 3 rings (SSSR count). The summed E-state index contributed by atoms with van der Waals surface area (Å²) in [5.41, 5.74) is -3.25. The van der Waals surface area contributed by atoms with Gasteiger partial charge in [-0.05, 0) is 18.9 Å². The number of aromatic nitrogens is 1. The molecule has 0 bridgehead atoms. The lowest BCUT2D eigenvalue weighted by atomic mass is 10.1. The van der Waals surface area contributed by atoms with Crippen LogP contribution in [0.4, 0.5) is 13.3 Å². The normalized spacial score (nSPS) is 14.1. The molecule has 2 amide bonds. The molecule has 9 nitrogen and oxygen atoms in total. The van der Waals surface area contributed by atoms with Gasteiger partial charge in [0, 0.05) is 45.0 Å². The summed E-state index contributed by atoms with van der Waals surface area (Å²) >= 11 is 5.49. The summed E-state index contributed by atoms with van der Waals surface area (Å²) in [5, 5.41) is 11.8. The fourth-order valence-corrected chi connectivity index (χ4v) is 3.86. The lowest BCUT2D eigenvalue weighted by Crippen LogP contribution is -2.46. The molecule has 0 unspecified atom stereocenters. The van der Waals surface area contributed by atoms with Gasteiger partial charge in [0.25, 0.3) is 11.8 Å². The molecular weight excluding hydrogens is 495 g/mol. The second-order valence-corrected chi connectivity index (χ2v) is 8.11. The maximum Gasteiger partial charge on any atom is 0.277 e. The molecule has 0 spiro atoms. The molecule has 190 valence electrons. The number of rotatable bonds is 8. The summed E-state index contributed by atoms with van der Waals surface area (Å²) in [5.74, 6) is -5.47. The van der Waals surface area contributed by atoms with Crippen LogP contribution >= 0.6 is 11.6 Å². The van der Waals surface area contributed by atoms with E-state index in [4.69, 9.17) is 21.1 Å². The summed E-state index contributed by atoms with van der Waals surface area (Å²) < 4.78 is 52.5. The topological polar surface area (TPSA) is 110 Å². The Balaban J connectivity index is 1.85. The van der Waals surface area contributed by atoms with Crippen molar-refractivity contribution < 1.29 is 37.4 Å². The summed E-state index contributed by atoms with van der Waals surface area (Å²) in [6.45, 7) is 0.461. The number of benzene rings is 1. The van der Waals surface area contributed by atoms with Gasteiger partial charge in [-0.3, -0.25) is 14.4 Å². The first kappa shape index (κ1) is 26.5. The van der Waals surface area contributed by atoms with Crippen LogP contribution in [0, 0.1) is 11.6 Å². The molecule has 2 aromatic rings. The molecule has 0 atom stereocenters. The highest BCUT2D eigenvalue weighted by atomic mass is 35.5. The fourth-order valence-electron chi connectivity index (χ4n) is 3.67. The molecule has 0 radical (unpaired) electrons. The average molecular weight is 518 g/mol. The van der Waals surface area contributed by atoms with Gasteiger partial charge in [-0.15, -0.1) is 0 Å². The van der Waals surface area contributed by atoms with Crippen molar-refractivity contribution >= 4 is 23.4 Å². The third kappa shape index (κ3) is 5.77. The molecule has 13 heteroatoms. The van der Waals surface area contributed by atoms with Gasteiger partial charge < -0.3 is 24.8 Å². The van der Waals surface area contributed by atoms with Crippen molar-refractivity contribution in [2.24, 2.45) is 0 Å². The zero-order valence-electron chi connectivity index (χ0n) is 18.7. The number of halogens is 4. The average Bonchev–Trinajstić information content (AvgIpc) is 2.85. The minimum absolute atomic E-state index is 0.0711. The van der Waals surface area contributed by atoms with E-state index in [1.54, 1.807) is 0 Å². The molecule has 1 aromatic carbocycles. The lowest BCUT2D eigenvalue weighted by molar-refractivity contribution is 0.0207. The maximum absolute atomic E-state index is 14.9. The van der Waals surface area contributed by atoms with E-state index in [1.165, 1.54) is 12.0 Å². The number of amides is 2. The summed E-state index contributed by atoms with van der Waals surface area (Å²) in [6, 6.07) is 1.59. The zero-order chi connectivity index (χ0) is 25.7. The molecule has 2 N–H and O–H groups in total. The summed E-state index contributed by atoms with van der Waals surface area (Å²) in [4.78, 5) is 39.2. The minimum Gasteiger partial charge on any atom is -0.502 e. The highest BCUT2D eigenvalue weighted by molar-refractivity contribution is 6.30. The van der Waals surface area contributed by atoms with Crippen molar-refractivity contribution in [3.05, 3.63) is 62.0 Å². The van der Waals surface area contributed by atoms with Crippen LogP contribution < -0.4 is 10.7 Å². The van der Waals surface area contributed by atoms with Crippen molar-refractivity contribution in [3.63, 3.8) is 0 Å². The molecule has 0 saturated carbocycles. The third-order valence-corrected chi connectivity index (χ3v) is 5.92. The van der Waals surface area contributed by atoms with Gasteiger partial charge >= 0.3 is 0 Å². The van der Waals surface area contributed by atoms with Gasteiger partial charge in [0.05, 0.1) is 12.8 Å². The van der Waals surface area contributed by atoms with E-state index < -0.39 is 57.5 Å². The number of hydrogen-bond donors (Lipinski definition) is 2. The highest BCUT2D eigenvalue weighted by Gasteiger charge is 2.32. The number of carbonyl (C=O) groups is 2. The van der Waals surface area contributed by atoms with Gasteiger partial charge in [-0.1, -0.05) is 22.1 Å². The number of ether oxygens (including phenoxy) is 2. The fraction of sp³-hybridized carbons (Fsp3) is 0.409. The first-order valence-corrected chi connectivity index (χ1v) is 11.0. The van der Waals surface area contributed by atoms with Crippen LogP contribution in [0.25, 0.3) is 0 Å². The van der Waals surface area contributed by atoms with Crippen LogP contribution in [0.5, 0.6) is 5.75 Å². The first-order chi connectivity index (χ1) is 16.7. The van der Waals surface area contributed by atoms with E-state index in [0.29, 0.717) is 32.3 Å². The van der Waals surface area contributed by atoms with E-state index >= 15 is 0 Å². The van der Waals surface area contributed by atoms with E-state index in [-0.39, 0.29) is 29.5 Å². The minimum atomic E-state index is -1.30. The highest BCUT2D eigenvalue weighted by Crippen LogP contribution is 2.23. The monoisotopic (exact) mass is 517 g/mol. The standard InChI is InChI=1S/C22H23ClF3N3O6/c1-34-9-6-28(13-4-7-35-8-5-13)22(33)18-20(31)19(30)14(11-29(18)26)21(32)27-10-12-2-3-15(24)16(23)17(12)25/h2-3,11,13,31H,4-10H2,1H3,(H,27,32). The van der Waals surface area contributed by atoms with Crippen LogP contribution in [0.15, 0.2) is 23.1 Å². The number of nitrogens with zero attached hydrogens (tertiary/aromatic N) is 2. The molecule has 1 saturated heterocycles. The molecule has 1 aliphatic rings. The summed E-state index contributed by atoms with van der Waals surface area (Å²) in [7, 11) is 1.42. The van der Waals surface area contributed by atoms with Crippen LogP contribution in [-0.4, -0.2) is 66.1 Å². The molecule has 1 fully saturated rings. The Hall–Kier alpha value is -3.09. The van der Waals surface area contributed by atoms with Gasteiger partial charge in [-0.2, -0.15) is 4.79 Å². The predicted octanol–water partition coefficient (Wildman–Crippen LogP) is 2.42. The smallest absolute Gasteiger partial charge is 0.277 e. The van der Waals surface area contributed by atoms with Crippen LogP contribution in [0.3, 0.4) is 0 Å². The van der Waals surface area contributed by atoms with Gasteiger partial charge in [-0.25, -0.2) is 8.78 Å². The molecular formula is C22H23ClF3N3O6. The molecule has 35 heavy (non-hydrogen) atoms. The van der Waals surface area contributed by atoms with Gasteiger partial charge in [0.1, 0.15) is 22.2 Å². The number of nitrogens with one attached hydrogen (secondary N) is 1. The summed E-state index contributed by atoms with van der Waals surface area (Å²) in [6.07, 6.45) is 1.39. The number of hydrogen-bond acceptors (Lipinski definition) is 6. The van der Waals surface area contributed by atoms with E-state index in [1.807, 2.05) is 0 Å². The molecule has 1 aromatic heterocycles. The zero-order valence-corrected chi connectivity index (χ0v) is 19.4. The van der Waals surface area contributed by atoms with Crippen LogP contribution in [0.2, 0.25) is 5.02 Å². The SMILES string of the molecule is COCCN(C(=O)c1c(O)c(=O)c(C(=O)NCc2ccc(F)c(Cl)c2F)cn1F)C1CCOCC1. The lowest BCUT2D eigenvalue weighted by Gasteiger charge is -2.34. The van der Waals surface area contributed by atoms with Gasteiger partial charge in [0.15, 0.2) is 11.4 Å². The Kier molecular flexibility index (Phi) is 8.76. The van der Waals surface area contributed by atoms with Crippen molar-refractivity contribution in [2.75, 3.05) is 33.5 Å². The van der Waals surface area contributed by atoms with Crippen molar-refractivity contribution in [3.8, 4) is 5.75 Å². The maximum atomic E-state index is 14.9. The first-order valence-electron chi connectivity index (χ1n) is 10.6. The van der Waals surface area contributed by atoms with Crippen molar-refractivity contribution in [2.45, 2.75) is 25.4 Å². The Morgan fingerprint density at radius 2 is 2.00 bits per heavy atom. The second kappa shape index (κ2) is 11.6. The van der Waals surface area contributed by atoms with E-state index in [0.717, 1.165) is 12.1 Å². The van der Waals surface area contributed by atoms with Crippen LogP contribution in [-0.2, 0) is 16.0 Å². The molecule has 2 heterocycles.